The summed E-state index contributed by atoms with van der Waals surface area (Å²) in [5.41, 5.74) is 5.57. The zero-order chi connectivity index (χ0) is 15.1. The molecule has 1 fully saturated rings. The van der Waals surface area contributed by atoms with Crippen molar-refractivity contribution in [2.75, 3.05) is 26.2 Å². The summed E-state index contributed by atoms with van der Waals surface area (Å²) in [6.07, 6.45) is 2.18. The van der Waals surface area contributed by atoms with Gasteiger partial charge in [0.05, 0.1) is 0 Å². The first kappa shape index (κ1) is 15.3. The van der Waals surface area contributed by atoms with Crippen LogP contribution >= 0.6 is 0 Å². The molecule has 0 spiro atoms. The van der Waals surface area contributed by atoms with Gasteiger partial charge < -0.3 is 21.1 Å². The molecule has 114 valence electrons. The first-order valence-electron chi connectivity index (χ1n) is 7.15. The molecule has 2 rings (SSSR count). The number of nitrogens with two attached hydrogens (primary N) is 1. The van der Waals surface area contributed by atoms with Crippen LogP contribution in [0.1, 0.15) is 23.2 Å². The first-order chi connectivity index (χ1) is 10.1. The molecule has 1 aliphatic heterocycles. The van der Waals surface area contributed by atoms with Gasteiger partial charge in [0, 0.05) is 12.1 Å². The van der Waals surface area contributed by atoms with Crippen molar-refractivity contribution in [1.29, 1.82) is 0 Å². The minimum atomic E-state index is -0.529. The lowest BCUT2D eigenvalue weighted by molar-refractivity contribution is -0.119. The molecule has 6 heteroatoms. The molecule has 4 N–H and O–H groups in total. The molecule has 1 atom stereocenters. The Bertz CT molecular complexity index is 481. The molecule has 2 amide bonds. The third-order valence-corrected chi connectivity index (χ3v) is 3.50. The number of carbonyl (C=O) groups excluding carboxylic acids is 2. The number of hydrogen-bond donors (Lipinski definition) is 3. The van der Waals surface area contributed by atoms with E-state index in [-0.39, 0.29) is 12.5 Å². The van der Waals surface area contributed by atoms with E-state index in [4.69, 9.17) is 10.5 Å². The summed E-state index contributed by atoms with van der Waals surface area (Å²) in [5.74, 6) is 0.554. The number of ether oxygens (including phenoxy) is 1. The number of rotatable bonds is 7. The Morgan fingerprint density at radius 2 is 2.10 bits per heavy atom. The summed E-state index contributed by atoms with van der Waals surface area (Å²) in [4.78, 5) is 22.6. The van der Waals surface area contributed by atoms with E-state index in [0.717, 1.165) is 19.5 Å². The Kier molecular flexibility index (Phi) is 5.57. The van der Waals surface area contributed by atoms with Crippen LogP contribution in [0.15, 0.2) is 24.3 Å². The zero-order valence-electron chi connectivity index (χ0n) is 11.9. The summed E-state index contributed by atoms with van der Waals surface area (Å²) in [5, 5.41) is 6.22. The maximum atomic E-state index is 12.0. The van der Waals surface area contributed by atoms with Crippen molar-refractivity contribution in [3.05, 3.63) is 29.8 Å². The lowest BCUT2D eigenvalue weighted by Gasteiger charge is -2.10. The Hall–Kier alpha value is -2.08. The minimum absolute atomic E-state index is 0.0950. The quantitative estimate of drug-likeness (QED) is 0.672. The fourth-order valence-corrected chi connectivity index (χ4v) is 2.31. The fraction of sp³-hybridized carbons (Fsp3) is 0.467. The maximum absolute atomic E-state index is 12.0. The van der Waals surface area contributed by atoms with Crippen molar-refractivity contribution < 1.29 is 14.3 Å². The molecule has 1 aliphatic rings. The molecular weight excluding hydrogens is 270 g/mol. The highest BCUT2D eigenvalue weighted by Gasteiger charge is 2.14. The topological polar surface area (TPSA) is 93.5 Å². The van der Waals surface area contributed by atoms with Gasteiger partial charge in [0.1, 0.15) is 5.75 Å². The summed E-state index contributed by atoms with van der Waals surface area (Å²) < 4.78 is 5.14. The number of nitrogens with one attached hydrogen (secondary N) is 2. The van der Waals surface area contributed by atoms with E-state index in [9.17, 15) is 9.59 Å². The van der Waals surface area contributed by atoms with Gasteiger partial charge in [-0.05, 0) is 56.1 Å². The second-order valence-electron chi connectivity index (χ2n) is 5.18. The van der Waals surface area contributed by atoms with Gasteiger partial charge in [0.15, 0.2) is 6.61 Å². The number of benzene rings is 1. The predicted molar refractivity (Wildman–Crippen MR) is 79.1 cm³/mol. The van der Waals surface area contributed by atoms with Gasteiger partial charge >= 0.3 is 0 Å². The van der Waals surface area contributed by atoms with Crippen molar-refractivity contribution >= 4 is 11.8 Å². The van der Waals surface area contributed by atoms with Crippen LogP contribution in [-0.2, 0) is 4.79 Å². The van der Waals surface area contributed by atoms with Crippen molar-refractivity contribution in [2.24, 2.45) is 11.7 Å². The number of amides is 2. The Morgan fingerprint density at radius 3 is 2.71 bits per heavy atom. The van der Waals surface area contributed by atoms with E-state index in [1.165, 1.54) is 6.42 Å². The average molecular weight is 291 g/mol. The van der Waals surface area contributed by atoms with E-state index >= 15 is 0 Å². The standard InChI is InChI=1S/C15H21N3O3/c16-14(19)10-21-13-3-1-12(2-4-13)15(20)18-8-6-11-5-7-17-9-11/h1-4,11,17H,5-10H2,(H2,16,19)(H,18,20). The van der Waals surface area contributed by atoms with Gasteiger partial charge in [-0.15, -0.1) is 0 Å². The Labute approximate surface area is 124 Å². The van der Waals surface area contributed by atoms with Gasteiger partial charge in [0.25, 0.3) is 11.8 Å². The van der Waals surface area contributed by atoms with Gasteiger partial charge in [-0.2, -0.15) is 0 Å². The first-order valence-corrected chi connectivity index (χ1v) is 7.15. The molecule has 0 aliphatic carbocycles. The summed E-state index contributed by atoms with van der Waals surface area (Å²) in [6, 6.07) is 6.64. The van der Waals surface area contributed by atoms with Crippen LogP contribution in [0.25, 0.3) is 0 Å². The molecule has 0 aromatic heterocycles. The molecule has 1 aromatic rings. The van der Waals surface area contributed by atoms with Crippen LogP contribution in [0.5, 0.6) is 5.75 Å². The average Bonchev–Trinajstić information content (AvgIpc) is 2.99. The largest absolute Gasteiger partial charge is 0.484 e. The number of hydrogen-bond acceptors (Lipinski definition) is 4. The highest BCUT2D eigenvalue weighted by Crippen LogP contribution is 2.13. The van der Waals surface area contributed by atoms with Crippen molar-refractivity contribution in [3.63, 3.8) is 0 Å². The SMILES string of the molecule is NC(=O)COc1ccc(C(=O)NCCC2CCNC2)cc1. The van der Waals surface area contributed by atoms with Crippen molar-refractivity contribution in [2.45, 2.75) is 12.8 Å². The predicted octanol–water partition coefficient (Wildman–Crippen LogP) is 0.280. The normalized spacial score (nSPS) is 17.4. The van der Waals surface area contributed by atoms with Gasteiger partial charge in [-0.25, -0.2) is 0 Å². The Morgan fingerprint density at radius 1 is 1.33 bits per heavy atom. The molecule has 1 unspecified atom stereocenters. The van der Waals surface area contributed by atoms with E-state index in [2.05, 4.69) is 10.6 Å². The molecule has 1 heterocycles. The maximum Gasteiger partial charge on any atom is 0.255 e. The highest BCUT2D eigenvalue weighted by molar-refractivity contribution is 5.94. The molecule has 21 heavy (non-hydrogen) atoms. The lowest BCUT2D eigenvalue weighted by atomic mass is 10.1. The van der Waals surface area contributed by atoms with Gasteiger partial charge in [-0.1, -0.05) is 0 Å². The molecule has 0 bridgehead atoms. The smallest absolute Gasteiger partial charge is 0.255 e. The van der Waals surface area contributed by atoms with Crippen LogP contribution in [-0.4, -0.2) is 38.1 Å². The third kappa shape index (κ3) is 5.07. The monoisotopic (exact) mass is 291 g/mol. The molecule has 0 radical (unpaired) electrons. The van der Waals surface area contributed by atoms with Crippen LogP contribution in [0.3, 0.4) is 0 Å². The van der Waals surface area contributed by atoms with Crippen LogP contribution in [0.2, 0.25) is 0 Å². The minimum Gasteiger partial charge on any atom is -0.484 e. The molecular formula is C15H21N3O3. The Balaban J connectivity index is 1.75. The second-order valence-corrected chi connectivity index (χ2v) is 5.18. The molecule has 6 nitrogen and oxygen atoms in total. The summed E-state index contributed by atoms with van der Waals surface area (Å²) in [6.45, 7) is 2.64. The van der Waals surface area contributed by atoms with Crippen LogP contribution in [0, 0.1) is 5.92 Å². The van der Waals surface area contributed by atoms with Gasteiger partial charge in [0.2, 0.25) is 0 Å². The summed E-state index contributed by atoms with van der Waals surface area (Å²) in [7, 11) is 0. The van der Waals surface area contributed by atoms with Crippen molar-refractivity contribution in [1.82, 2.24) is 10.6 Å². The fourth-order valence-electron chi connectivity index (χ4n) is 2.31. The van der Waals surface area contributed by atoms with Gasteiger partial charge in [-0.3, -0.25) is 9.59 Å². The number of primary amides is 1. The van der Waals surface area contributed by atoms with E-state index < -0.39 is 5.91 Å². The third-order valence-electron chi connectivity index (χ3n) is 3.50. The van der Waals surface area contributed by atoms with E-state index in [0.29, 0.717) is 23.8 Å². The molecule has 1 saturated heterocycles. The zero-order valence-corrected chi connectivity index (χ0v) is 11.9. The summed E-state index contributed by atoms with van der Waals surface area (Å²) >= 11 is 0. The number of carbonyl (C=O) groups is 2. The molecule has 1 aromatic carbocycles. The second kappa shape index (κ2) is 7.64. The van der Waals surface area contributed by atoms with E-state index in [1.54, 1.807) is 24.3 Å². The highest BCUT2D eigenvalue weighted by atomic mass is 16.5. The van der Waals surface area contributed by atoms with Crippen LogP contribution in [0.4, 0.5) is 0 Å². The van der Waals surface area contributed by atoms with Crippen LogP contribution < -0.4 is 21.1 Å². The van der Waals surface area contributed by atoms with E-state index in [1.807, 2.05) is 0 Å². The lowest BCUT2D eigenvalue weighted by Crippen LogP contribution is -2.26. The van der Waals surface area contributed by atoms with Crippen molar-refractivity contribution in [3.8, 4) is 5.75 Å². The molecule has 0 saturated carbocycles.